The summed E-state index contributed by atoms with van der Waals surface area (Å²) in [4.78, 5) is 13.5. The molecule has 20 heavy (non-hydrogen) atoms. The van der Waals surface area contributed by atoms with Gasteiger partial charge in [0.1, 0.15) is 5.60 Å². The molecule has 0 saturated carbocycles. The average Bonchev–Trinajstić information content (AvgIpc) is 2.45. The first kappa shape index (κ1) is 18.6. The van der Waals surface area contributed by atoms with E-state index in [4.69, 9.17) is 4.74 Å². The Kier molecular flexibility index (Phi) is 5.86. The van der Waals surface area contributed by atoms with Crippen molar-refractivity contribution < 1.29 is 73.9 Å². The van der Waals surface area contributed by atoms with Gasteiger partial charge in [-0.2, -0.15) is 0 Å². The summed E-state index contributed by atoms with van der Waals surface area (Å²) < 4.78 is 43.6. The fourth-order valence-corrected chi connectivity index (χ4v) is 2.71. The summed E-state index contributed by atoms with van der Waals surface area (Å²) in [5.74, 6) is 0. The van der Waals surface area contributed by atoms with E-state index in [1.54, 1.807) is 20.8 Å². The molecule has 0 spiro atoms. The number of hydrogen-bond acceptors (Lipinski definition) is 2. The predicted octanol–water partition coefficient (Wildman–Crippen LogP) is 0.475. The van der Waals surface area contributed by atoms with E-state index < -0.39 is 30.2 Å². The van der Waals surface area contributed by atoms with Crippen LogP contribution in [0.1, 0.15) is 40.0 Å². The molecule has 2 aliphatic heterocycles. The largest absolute Gasteiger partial charge is 1.00 e. The number of nitrogens with zero attached hydrogens (tertiary/aromatic N) is 1. The molecule has 2 bridgehead atoms. The maximum absolute atomic E-state index is 12.8. The van der Waals surface area contributed by atoms with Gasteiger partial charge in [0.25, 0.3) is 0 Å². The van der Waals surface area contributed by atoms with Crippen LogP contribution in [0, 0.1) is 0 Å². The van der Waals surface area contributed by atoms with E-state index >= 15 is 0 Å². The van der Waals surface area contributed by atoms with Crippen LogP contribution < -0.4 is 51.4 Å². The molecule has 2 rings (SSSR count). The maximum atomic E-state index is 12.8. The van der Waals surface area contributed by atoms with E-state index in [2.05, 4.69) is 0 Å². The first-order valence-corrected chi connectivity index (χ1v) is 6.50. The summed E-state index contributed by atoms with van der Waals surface area (Å²) in [5.41, 5.74) is -1.08. The summed E-state index contributed by atoms with van der Waals surface area (Å²) in [5, 5.41) is 0. The van der Waals surface area contributed by atoms with Gasteiger partial charge in [0.05, 0.1) is 6.04 Å². The van der Waals surface area contributed by atoms with Crippen LogP contribution in [0.3, 0.4) is 0 Å². The molecular weight excluding hydrogens is 297 g/mol. The molecule has 0 aromatic carbocycles. The molecule has 1 amide bonds. The second kappa shape index (κ2) is 6.32. The molecule has 2 atom stereocenters. The zero-order valence-electron chi connectivity index (χ0n) is 12.3. The van der Waals surface area contributed by atoms with Crippen molar-refractivity contribution in [2.24, 2.45) is 0 Å². The Hall–Kier alpha value is 0.501. The van der Waals surface area contributed by atoms with Crippen LogP contribution >= 0.6 is 0 Å². The van der Waals surface area contributed by atoms with E-state index in [-0.39, 0.29) is 63.8 Å². The Bertz CT molecular complexity index is 420. The summed E-state index contributed by atoms with van der Waals surface area (Å²) in [6.45, 7) is 0.303. The quantitative estimate of drug-likeness (QED) is 0.659. The molecule has 0 aromatic heterocycles. The van der Waals surface area contributed by atoms with Crippen LogP contribution in [0.5, 0.6) is 0 Å². The van der Waals surface area contributed by atoms with E-state index in [1.165, 1.54) is 11.0 Å². The second-order valence-corrected chi connectivity index (χ2v) is 6.21. The van der Waals surface area contributed by atoms with Crippen LogP contribution in [-0.4, -0.2) is 35.7 Å². The predicted molar refractivity (Wildman–Crippen MR) is 66.7 cm³/mol. The van der Waals surface area contributed by atoms with Crippen molar-refractivity contribution in [3.8, 4) is 0 Å². The average molecular weight is 315 g/mol. The van der Waals surface area contributed by atoms with Gasteiger partial charge in [-0.25, -0.2) is 4.79 Å². The van der Waals surface area contributed by atoms with E-state index in [1.807, 2.05) is 0 Å². The van der Waals surface area contributed by atoms with Crippen molar-refractivity contribution in [1.82, 2.24) is 4.90 Å². The molecule has 3 nitrogen and oxygen atoms in total. The summed E-state index contributed by atoms with van der Waals surface area (Å²) in [7, 11) is 0. The molecule has 8 heteroatoms. The van der Waals surface area contributed by atoms with Gasteiger partial charge in [-0.05, 0) is 40.0 Å². The van der Waals surface area contributed by atoms with Crippen molar-refractivity contribution in [3.05, 3.63) is 11.5 Å². The van der Waals surface area contributed by atoms with Gasteiger partial charge in [0.2, 0.25) is 0 Å². The molecular formula is C12H18BF3KNO2. The van der Waals surface area contributed by atoms with Crippen molar-refractivity contribution in [2.75, 3.05) is 0 Å². The third kappa shape index (κ3) is 4.25. The molecule has 1 saturated heterocycles. The Balaban J connectivity index is 0.00000200. The zero-order valence-corrected chi connectivity index (χ0v) is 15.5. The van der Waals surface area contributed by atoms with Crippen LogP contribution in [-0.2, 0) is 4.74 Å². The van der Waals surface area contributed by atoms with Crippen LogP contribution in [0.2, 0.25) is 0 Å². The Morgan fingerprint density at radius 2 is 1.95 bits per heavy atom. The van der Waals surface area contributed by atoms with Crippen LogP contribution in [0.4, 0.5) is 17.7 Å². The number of fused-ring (bicyclic) bond motifs is 2. The number of carbonyl (C=O) groups is 1. The van der Waals surface area contributed by atoms with E-state index in [0.29, 0.717) is 12.8 Å². The van der Waals surface area contributed by atoms with Gasteiger partial charge in [0.15, 0.2) is 0 Å². The van der Waals surface area contributed by atoms with Crippen LogP contribution in [0.25, 0.3) is 0 Å². The van der Waals surface area contributed by atoms with Gasteiger partial charge in [-0.1, -0.05) is 6.08 Å². The first-order valence-electron chi connectivity index (χ1n) is 6.50. The van der Waals surface area contributed by atoms with Gasteiger partial charge >= 0.3 is 64.5 Å². The standard InChI is InChI=1S/C12H18BF3NO2.K/c1-12(2,3)19-11(18)17-9-4-5-10(17)7-8(6-9)13(14,15)16;/h6,9-10H,4-5,7H2,1-3H3;/q-1;+1. The first-order chi connectivity index (χ1) is 8.58. The molecule has 0 radical (unpaired) electrons. The summed E-state index contributed by atoms with van der Waals surface area (Å²) in [6.07, 6.45) is 1.78. The van der Waals surface area contributed by atoms with Crippen LogP contribution in [0.15, 0.2) is 11.5 Å². The summed E-state index contributed by atoms with van der Waals surface area (Å²) >= 11 is 0. The smallest absolute Gasteiger partial charge is 0.445 e. The van der Waals surface area contributed by atoms with Gasteiger partial charge in [-0.3, -0.25) is 4.90 Å². The van der Waals surface area contributed by atoms with Crippen molar-refractivity contribution in [2.45, 2.75) is 57.7 Å². The molecule has 2 heterocycles. The monoisotopic (exact) mass is 315 g/mol. The normalized spacial score (nSPS) is 25.9. The van der Waals surface area contributed by atoms with Gasteiger partial charge in [-0.15, -0.1) is 5.47 Å². The number of carbonyl (C=O) groups excluding carboxylic acids is 1. The van der Waals surface area contributed by atoms with Gasteiger partial charge in [0, 0.05) is 6.04 Å². The SMILES string of the molecule is CC(C)(C)OC(=O)N1C2C=C([B-](F)(F)F)CC1CC2.[K+]. The Morgan fingerprint density at radius 1 is 1.35 bits per heavy atom. The molecule has 0 aromatic rings. The minimum Gasteiger partial charge on any atom is -0.445 e. The third-order valence-electron chi connectivity index (χ3n) is 3.45. The molecule has 2 unspecified atom stereocenters. The zero-order chi connectivity index (χ0) is 14.4. The molecule has 108 valence electrons. The Labute approximate surface area is 159 Å². The molecule has 0 N–H and O–H groups in total. The Morgan fingerprint density at radius 3 is 2.40 bits per heavy atom. The van der Waals surface area contributed by atoms with Crippen molar-refractivity contribution in [3.63, 3.8) is 0 Å². The number of amides is 1. The molecule has 2 aliphatic rings. The molecule has 1 fully saturated rings. The molecule has 0 aliphatic carbocycles. The number of hydrogen-bond donors (Lipinski definition) is 0. The third-order valence-corrected chi connectivity index (χ3v) is 3.45. The number of rotatable bonds is 1. The fourth-order valence-electron chi connectivity index (χ4n) is 2.71. The van der Waals surface area contributed by atoms with E-state index in [9.17, 15) is 17.7 Å². The number of ether oxygens (including phenoxy) is 1. The van der Waals surface area contributed by atoms with Crippen molar-refractivity contribution in [1.29, 1.82) is 0 Å². The minimum absolute atomic E-state index is 0. The van der Waals surface area contributed by atoms with Crippen molar-refractivity contribution >= 4 is 13.1 Å². The van der Waals surface area contributed by atoms with Gasteiger partial charge < -0.3 is 17.7 Å². The summed E-state index contributed by atoms with van der Waals surface area (Å²) in [6, 6.07) is -0.838. The maximum Gasteiger partial charge on any atom is 1.00 e. The minimum atomic E-state index is -4.94. The topological polar surface area (TPSA) is 29.5 Å². The van der Waals surface area contributed by atoms with E-state index in [0.717, 1.165) is 0 Å². The number of halogens is 3. The second-order valence-electron chi connectivity index (χ2n) is 6.21. The fraction of sp³-hybridized carbons (Fsp3) is 0.750.